The average molecular weight is 227 g/mol. The van der Waals surface area contributed by atoms with Gasteiger partial charge in [-0.1, -0.05) is 13.8 Å². The Kier molecular flexibility index (Phi) is 5.26. The summed E-state index contributed by atoms with van der Waals surface area (Å²) in [7, 11) is 0. The molecule has 3 heteroatoms. The highest BCUT2D eigenvalue weighted by molar-refractivity contribution is 7.99. The van der Waals surface area contributed by atoms with E-state index in [9.17, 15) is 0 Å². The standard InChI is InChI=1S/C11H17NS2/c1-9(2)14-11-5-3-10(4-6-11)12-7-8-13/h3-6,9,12-13H,7-8H2,1-2H3. The number of hydrogen-bond acceptors (Lipinski definition) is 3. The third-order valence-electron chi connectivity index (χ3n) is 1.67. The highest BCUT2D eigenvalue weighted by Gasteiger charge is 1.97. The fraction of sp³-hybridized carbons (Fsp3) is 0.455. The molecule has 1 rings (SSSR count). The van der Waals surface area contributed by atoms with Crippen molar-refractivity contribution in [3.05, 3.63) is 24.3 Å². The van der Waals surface area contributed by atoms with Gasteiger partial charge in [-0.2, -0.15) is 12.6 Å². The van der Waals surface area contributed by atoms with E-state index in [4.69, 9.17) is 0 Å². The number of rotatable bonds is 5. The molecule has 0 saturated carbocycles. The third kappa shape index (κ3) is 4.29. The van der Waals surface area contributed by atoms with E-state index >= 15 is 0 Å². The van der Waals surface area contributed by atoms with Crippen LogP contribution < -0.4 is 5.32 Å². The molecule has 1 N–H and O–H groups in total. The summed E-state index contributed by atoms with van der Waals surface area (Å²) in [5.41, 5.74) is 1.17. The number of thioether (sulfide) groups is 1. The Morgan fingerprint density at radius 2 is 1.93 bits per heavy atom. The second-order valence-electron chi connectivity index (χ2n) is 3.34. The van der Waals surface area contributed by atoms with Crippen molar-refractivity contribution >= 4 is 30.1 Å². The van der Waals surface area contributed by atoms with Gasteiger partial charge in [0.1, 0.15) is 0 Å². The quantitative estimate of drug-likeness (QED) is 0.589. The minimum atomic E-state index is 0.645. The lowest BCUT2D eigenvalue weighted by Gasteiger charge is -2.07. The largest absolute Gasteiger partial charge is 0.384 e. The molecule has 0 aliphatic rings. The van der Waals surface area contributed by atoms with Gasteiger partial charge in [-0.3, -0.25) is 0 Å². The van der Waals surface area contributed by atoms with E-state index in [1.165, 1.54) is 10.6 Å². The van der Waals surface area contributed by atoms with E-state index in [0.29, 0.717) is 5.25 Å². The van der Waals surface area contributed by atoms with Crippen LogP contribution >= 0.6 is 24.4 Å². The number of hydrogen-bond donors (Lipinski definition) is 2. The van der Waals surface area contributed by atoms with Gasteiger partial charge < -0.3 is 5.32 Å². The average Bonchev–Trinajstić information content (AvgIpc) is 2.16. The Morgan fingerprint density at radius 3 is 2.43 bits per heavy atom. The van der Waals surface area contributed by atoms with E-state index in [1.807, 2.05) is 11.8 Å². The van der Waals surface area contributed by atoms with Crippen LogP contribution in [0.25, 0.3) is 0 Å². The van der Waals surface area contributed by atoms with Gasteiger partial charge in [0.05, 0.1) is 0 Å². The Morgan fingerprint density at radius 1 is 1.29 bits per heavy atom. The first kappa shape index (κ1) is 11.8. The van der Waals surface area contributed by atoms with Gasteiger partial charge in [0.25, 0.3) is 0 Å². The highest BCUT2D eigenvalue weighted by Crippen LogP contribution is 2.23. The molecule has 0 fully saturated rings. The summed E-state index contributed by atoms with van der Waals surface area (Å²) in [6, 6.07) is 8.55. The molecular weight excluding hydrogens is 210 g/mol. The van der Waals surface area contributed by atoms with Gasteiger partial charge in [0.15, 0.2) is 0 Å². The summed E-state index contributed by atoms with van der Waals surface area (Å²) in [6.45, 7) is 5.33. The zero-order chi connectivity index (χ0) is 10.4. The van der Waals surface area contributed by atoms with Gasteiger partial charge >= 0.3 is 0 Å². The molecule has 1 aromatic carbocycles. The van der Waals surface area contributed by atoms with E-state index < -0.39 is 0 Å². The zero-order valence-electron chi connectivity index (χ0n) is 8.66. The summed E-state index contributed by atoms with van der Waals surface area (Å²) in [5, 5.41) is 3.93. The van der Waals surface area contributed by atoms with E-state index in [1.54, 1.807) is 0 Å². The van der Waals surface area contributed by atoms with Gasteiger partial charge in [-0.25, -0.2) is 0 Å². The molecule has 0 amide bonds. The number of anilines is 1. The molecule has 0 saturated heterocycles. The van der Waals surface area contributed by atoms with Gasteiger partial charge in [-0.05, 0) is 24.3 Å². The van der Waals surface area contributed by atoms with Crippen LogP contribution in [0.4, 0.5) is 5.69 Å². The normalized spacial score (nSPS) is 10.6. The molecule has 1 nitrogen and oxygen atoms in total. The monoisotopic (exact) mass is 227 g/mol. The molecule has 0 radical (unpaired) electrons. The van der Waals surface area contributed by atoms with Gasteiger partial charge in [0, 0.05) is 28.1 Å². The highest BCUT2D eigenvalue weighted by atomic mass is 32.2. The summed E-state index contributed by atoms with van der Waals surface area (Å²) in [5.74, 6) is 0.864. The maximum absolute atomic E-state index is 4.15. The zero-order valence-corrected chi connectivity index (χ0v) is 10.4. The molecule has 78 valence electrons. The molecule has 0 bridgehead atoms. The maximum atomic E-state index is 4.15. The van der Waals surface area contributed by atoms with E-state index in [-0.39, 0.29) is 0 Å². The predicted molar refractivity (Wildman–Crippen MR) is 69.8 cm³/mol. The van der Waals surface area contributed by atoms with Crippen molar-refractivity contribution in [1.82, 2.24) is 0 Å². The third-order valence-corrected chi connectivity index (χ3v) is 2.91. The molecular formula is C11H17NS2. The first-order valence-electron chi connectivity index (χ1n) is 4.84. The van der Waals surface area contributed by atoms with Crippen LogP contribution in [0.1, 0.15) is 13.8 Å². The van der Waals surface area contributed by atoms with Gasteiger partial charge in [0.2, 0.25) is 0 Å². The Labute approximate surface area is 96.1 Å². The van der Waals surface area contributed by atoms with Crippen molar-refractivity contribution in [2.24, 2.45) is 0 Å². The molecule has 0 atom stereocenters. The van der Waals surface area contributed by atoms with Crippen molar-refractivity contribution in [1.29, 1.82) is 0 Å². The molecule has 0 heterocycles. The Hall–Kier alpha value is -0.280. The smallest absolute Gasteiger partial charge is 0.0341 e. The Balaban J connectivity index is 2.50. The fourth-order valence-electron chi connectivity index (χ4n) is 1.12. The van der Waals surface area contributed by atoms with Gasteiger partial charge in [-0.15, -0.1) is 11.8 Å². The second-order valence-corrected chi connectivity index (χ2v) is 5.44. The summed E-state index contributed by atoms with van der Waals surface area (Å²) in [4.78, 5) is 1.33. The van der Waals surface area contributed by atoms with Crippen LogP contribution in [0.3, 0.4) is 0 Å². The van der Waals surface area contributed by atoms with Crippen molar-refractivity contribution in [3.8, 4) is 0 Å². The lowest BCUT2D eigenvalue weighted by molar-refractivity contribution is 1.11. The molecule has 1 aromatic rings. The SMILES string of the molecule is CC(C)Sc1ccc(NCCS)cc1. The second kappa shape index (κ2) is 6.25. The van der Waals surface area contributed by atoms with E-state index in [0.717, 1.165) is 12.3 Å². The minimum Gasteiger partial charge on any atom is -0.384 e. The van der Waals surface area contributed by atoms with Crippen LogP contribution in [0.5, 0.6) is 0 Å². The molecule has 14 heavy (non-hydrogen) atoms. The number of nitrogens with one attached hydrogen (secondary N) is 1. The summed E-state index contributed by atoms with van der Waals surface area (Å²) in [6.07, 6.45) is 0. The maximum Gasteiger partial charge on any atom is 0.0341 e. The van der Waals surface area contributed by atoms with Crippen molar-refractivity contribution in [2.75, 3.05) is 17.6 Å². The van der Waals surface area contributed by atoms with Crippen molar-refractivity contribution in [3.63, 3.8) is 0 Å². The van der Waals surface area contributed by atoms with Crippen LogP contribution in [-0.4, -0.2) is 17.5 Å². The first-order valence-corrected chi connectivity index (χ1v) is 6.35. The topological polar surface area (TPSA) is 12.0 Å². The van der Waals surface area contributed by atoms with Crippen LogP contribution in [0.2, 0.25) is 0 Å². The van der Waals surface area contributed by atoms with Crippen LogP contribution in [0, 0.1) is 0 Å². The van der Waals surface area contributed by atoms with Crippen molar-refractivity contribution < 1.29 is 0 Å². The minimum absolute atomic E-state index is 0.645. The molecule has 0 spiro atoms. The molecule has 0 aliphatic heterocycles. The lowest BCUT2D eigenvalue weighted by Crippen LogP contribution is -2.01. The van der Waals surface area contributed by atoms with Crippen molar-refractivity contribution in [2.45, 2.75) is 24.0 Å². The Bertz CT molecular complexity index is 256. The summed E-state index contributed by atoms with van der Waals surface area (Å²) >= 11 is 6.04. The lowest BCUT2D eigenvalue weighted by atomic mass is 10.3. The van der Waals surface area contributed by atoms with E-state index in [2.05, 4.69) is 56.1 Å². The fourth-order valence-corrected chi connectivity index (χ4v) is 2.07. The molecule has 0 aliphatic carbocycles. The first-order chi connectivity index (χ1) is 6.72. The molecule has 0 aromatic heterocycles. The van der Waals surface area contributed by atoms with Crippen LogP contribution in [0.15, 0.2) is 29.2 Å². The van der Waals surface area contributed by atoms with Crippen LogP contribution in [-0.2, 0) is 0 Å². The number of thiol groups is 1. The number of benzene rings is 1. The summed E-state index contributed by atoms with van der Waals surface area (Å²) < 4.78 is 0. The predicted octanol–water partition coefficient (Wildman–Crippen LogP) is 3.53. The molecule has 0 unspecified atom stereocenters.